The van der Waals surface area contributed by atoms with Crippen molar-refractivity contribution in [2.45, 2.75) is 79.1 Å². The Labute approximate surface area is 274 Å². The van der Waals surface area contributed by atoms with Gasteiger partial charge < -0.3 is 19.1 Å². The molecular formula is C41H49NO4. The lowest BCUT2D eigenvalue weighted by Gasteiger charge is -2.16. The first-order valence-electron chi connectivity index (χ1n) is 17.2. The fourth-order valence-corrected chi connectivity index (χ4v) is 6.27. The molecule has 0 fully saturated rings. The topological polar surface area (TPSA) is 60.7 Å². The molecule has 5 rings (SSSR count). The molecule has 0 aliphatic heterocycles. The average Bonchev–Trinajstić information content (AvgIpc) is 3.41. The van der Waals surface area contributed by atoms with Gasteiger partial charge in [0.15, 0.2) is 0 Å². The van der Waals surface area contributed by atoms with Gasteiger partial charge in [-0.3, -0.25) is 0 Å². The van der Waals surface area contributed by atoms with E-state index in [0.717, 1.165) is 76.2 Å². The number of ether oxygens (including phenoxy) is 2. The molecule has 5 heteroatoms. The smallest absolute Gasteiger partial charge is 0.335 e. The maximum Gasteiger partial charge on any atom is 0.335 e. The largest absolute Gasteiger partial charge is 0.493 e. The molecule has 4 aromatic carbocycles. The van der Waals surface area contributed by atoms with Crippen molar-refractivity contribution in [1.29, 1.82) is 0 Å². The predicted molar refractivity (Wildman–Crippen MR) is 191 cm³/mol. The zero-order chi connectivity index (χ0) is 32.5. The molecule has 1 aromatic heterocycles. The fraction of sp³-hybridized carbons (Fsp3) is 0.390. The van der Waals surface area contributed by atoms with Crippen LogP contribution in [-0.2, 0) is 0 Å². The predicted octanol–water partition coefficient (Wildman–Crippen LogP) is 11.3. The molecule has 0 saturated heterocycles. The van der Waals surface area contributed by atoms with Crippen LogP contribution in [0.1, 0.15) is 89.4 Å². The highest BCUT2D eigenvalue weighted by Crippen LogP contribution is 2.37. The van der Waals surface area contributed by atoms with Crippen molar-refractivity contribution < 1.29 is 19.4 Å². The normalized spacial score (nSPS) is 12.8. The van der Waals surface area contributed by atoms with Crippen molar-refractivity contribution in [3.05, 3.63) is 90.5 Å². The van der Waals surface area contributed by atoms with E-state index in [-0.39, 0.29) is 5.56 Å². The summed E-state index contributed by atoms with van der Waals surface area (Å²) in [6, 6.07) is 28.4. The van der Waals surface area contributed by atoms with Crippen molar-refractivity contribution in [3.8, 4) is 28.3 Å². The summed E-state index contributed by atoms with van der Waals surface area (Å²) in [4.78, 5) is 11.3. The third-order valence-electron chi connectivity index (χ3n) is 9.36. The Morgan fingerprint density at radius 3 is 1.52 bits per heavy atom. The maximum atomic E-state index is 11.3. The lowest BCUT2D eigenvalue weighted by Crippen LogP contribution is -2.11. The van der Waals surface area contributed by atoms with Gasteiger partial charge in [-0.1, -0.05) is 90.5 Å². The molecule has 5 aromatic rings. The number of unbranched alkanes of at least 4 members (excludes halogenated alkanes) is 2. The van der Waals surface area contributed by atoms with Gasteiger partial charge >= 0.3 is 5.97 Å². The van der Waals surface area contributed by atoms with E-state index in [0.29, 0.717) is 11.8 Å². The van der Waals surface area contributed by atoms with Crippen LogP contribution in [0.2, 0.25) is 0 Å². The van der Waals surface area contributed by atoms with Crippen LogP contribution in [0, 0.1) is 11.8 Å². The Hall–Kier alpha value is -4.25. The quantitative estimate of drug-likeness (QED) is 0.112. The van der Waals surface area contributed by atoms with E-state index >= 15 is 0 Å². The van der Waals surface area contributed by atoms with Gasteiger partial charge in [0.2, 0.25) is 0 Å². The van der Waals surface area contributed by atoms with E-state index in [2.05, 4.69) is 92.9 Å². The number of aromatic carboxylic acids is 1. The SMILES string of the molecule is CCCCC(CC)COc1ccc2c(c1)c1cc(OCC(CC)CCCC)ccc1n2-c1ccc(-c2ccc(C(=O)O)cc2)cc1. The molecule has 2 atom stereocenters. The monoisotopic (exact) mass is 619 g/mol. The summed E-state index contributed by atoms with van der Waals surface area (Å²) < 4.78 is 15.1. The summed E-state index contributed by atoms with van der Waals surface area (Å²) in [5.74, 6) is 2.01. The number of rotatable bonds is 17. The molecule has 0 spiro atoms. The molecule has 0 aliphatic rings. The zero-order valence-corrected chi connectivity index (χ0v) is 27.9. The highest BCUT2D eigenvalue weighted by Gasteiger charge is 2.16. The number of carboxylic acid groups (broad SMARTS) is 1. The van der Waals surface area contributed by atoms with Gasteiger partial charge in [-0.25, -0.2) is 4.79 Å². The van der Waals surface area contributed by atoms with Crippen LogP contribution in [0.3, 0.4) is 0 Å². The summed E-state index contributed by atoms with van der Waals surface area (Å²) >= 11 is 0. The van der Waals surface area contributed by atoms with Crippen LogP contribution >= 0.6 is 0 Å². The Morgan fingerprint density at radius 2 is 1.11 bits per heavy atom. The summed E-state index contributed by atoms with van der Waals surface area (Å²) in [5, 5.41) is 11.6. The molecule has 0 bridgehead atoms. The van der Waals surface area contributed by atoms with E-state index < -0.39 is 5.97 Å². The first-order chi connectivity index (χ1) is 22.4. The van der Waals surface area contributed by atoms with Gasteiger partial charge in [-0.05, 0) is 96.5 Å². The minimum atomic E-state index is -0.918. The summed E-state index contributed by atoms with van der Waals surface area (Å²) in [6.07, 6.45) is 9.54. The number of nitrogens with zero attached hydrogens (tertiary/aromatic N) is 1. The van der Waals surface area contributed by atoms with Crippen LogP contribution in [-0.4, -0.2) is 28.9 Å². The number of hydrogen-bond donors (Lipinski definition) is 1. The number of aromatic nitrogens is 1. The number of carbonyl (C=O) groups is 1. The van der Waals surface area contributed by atoms with Crippen molar-refractivity contribution in [2.24, 2.45) is 11.8 Å². The van der Waals surface area contributed by atoms with E-state index in [1.165, 1.54) is 38.5 Å². The van der Waals surface area contributed by atoms with Gasteiger partial charge in [0.05, 0.1) is 29.8 Å². The molecule has 0 saturated carbocycles. The van der Waals surface area contributed by atoms with Crippen LogP contribution in [0.4, 0.5) is 0 Å². The van der Waals surface area contributed by atoms with Gasteiger partial charge in [-0.2, -0.15) is 0 Å². The molecule has 46 heavy (non-hydrogen) atoms. The van der Waals surface area contributed by atoms with E-state index in [1.54, 1.807) is 12.1 Å². The number of benzene rings is 4. The second-order valence-electron chi connectivity index (χ2n) is 12.6. The minimum absolute atomic E-state index is 0.287. The average molecular weight is 620 g/mol. The fourth-order valence-electron chi connectivity index (χ4n) is 6.27. The van der Waals surface area contributed by atoms with Crippen LogP contribution < -0.4 is 9.47 Å². The Bertz CT molecular complexity index is 1640. The summed E-state index contributed by atoms with van der Waals surface area (Å²) in [7, 11) is 0. The molecule has 0 aliphatic carbocycles. The number of carboxylic acids is 1. The second kappa shape index (κ2) is 15.8. The third kappa shape index (κ3) is 7.75. The van der Waals surface area contributed by atoms with Crippen LogP contribution in [0.15, 0.2) is 84.9 Å². The van der Waals surface area contributed by atoms with Gasteiger partial charge in [0, 0.05) is 16.5 Å². The summed E-state index contributed by atoms with van der Waals surface area (Å²) in [6.45, 7) is 10.5. The third-order valence-corrected chi connectivity index (χ3v) is 9.36. The molecule has 242 valence electrons. The number of fused-ring (bicyclic) bond motifs is 3. The maximum absolute atomic E-state index is 11.3. The molecule has 2 unspecified atom stereocenters. The Morgan fingerprint density at radius 1 is 0.652 bits per heavy atom. The molecule has 1 heterocycles. The first kappa shape index (κ1) is 33.1. The standard InChI is InChI=1S/C41H49NO4/c1-5-9-11-29(7-3)27-45-35-21-23-39-37(25-35)38-26-36(46-28-30(8-4)12-10-6-2)22-24-40(38)42(39)34-19-17-32(18-20-34)31-13-15-33(16-14-31)41(43)44/h13-26,29-30H,5-12,27-28H2,1-4H3,(H,43,44). The summed E-state index contributed by atoms with van der Waals surface area (Å²) in [5.41, 5.74) is 5.60. The minimum Gasteiger partial charge on any atom is -0.493 e. The highest BCUT2D eigenvalue weighted by molar-refractivity contribution is 6.10. The van der Waals surface area contributed by atoms with Crippen LogP contribution in [0.5, 0.6) is 11.5 Å². The first-order valence-corrected chi connectivity index (χ1v) is 17.2. The molecule has 1 N–H and O–H groups in total. The molecule has 0 radical (unpaired) electrons. The van der Waals surface area contributed by atoms with E-state index in [9.17, 15) is 9.90 Å². The van der Waals surface area contributed by atoms with Crippen LogP contribution in [0.25, 0.3) is 38.6 Å². The van der Waals surface area contributed by atoms with Crippen molar-refractivity contribution >= 4 is 27.8 Å². The van der Waals surface area contributed by atoms with Gasteiger partial charge in [0.1, 0.15) is 11.5 Å². The van der Waals surface area contributed by atoms with E-state index in [4.69, 9.17) is 9.47 Å². The van der Waals surface area contributed by atoms with E-state index in [1.807, 2.05) is 12.1 Å². The van der Waals surface area contributed by atoms with Gasteiger partial charge in [0.25, 0.3) is 0 Å². The second-order valence-corrected chi connectivity index (χ2v) is 12.6. The van der Waals surface area contributed by atoms with Crippen molar-refractivity contribution in [3.63, 3.8) is 0 Å². The number of hydrogen-bond acceptors (Lipinski definition) is 3. The molecule has 5 nitrogen and oxygen atoms in total. The molecule has 0 amide bonds. The highest BCUT2D eigenvalue weighted by atomic mass is 16.5. The zero-order valence-electron chi connectivity index (χ0n) is 27.9. The lowest BCUT2D eigenvalue weighted by atomic mass is 10.0. The van der Waals surface area contributed by atoms with Gasteiger partial charge in [-0.15, -0.1) is 0 Å². The Kier molecular flexibility index (Phi) is 11.4. The molecular weight excluding hydrogens is 570 g/mol. The Balaban J connectivity index is 1.50. The lowest BCUT2D eigenvalue weighted by molar-refractivity contribution is 0.0697. The van der Waals surface area contributed by atoms with Crippen molar-refractivity contribution in [1.82, 2.24) is 4.57 Å². The van der Waals surface area contributed by atoms with Crippen molar-refractivity contribution in [2.75, 3.05) is 13.2 Å².